The van der Waals surface area contributed by atoms with E-state index >= 15 is 0 Å². The van der Waals surface area contributed by atoms with E-state index in [1.165, 1.54) is 12.8 Å². The first-order valence-corrected chi connectivity index (χ1v) is 11.8. The molecule has 0 radical (unpaired) electrons. The van der Waals surface area contributed by atoms with Gasteiger partial charge in [-0.2, -0.15) is 0 Å². The molecule has 9 heteroatoms. The Kier molecular flexibility index (Phi) is 6.51. The lowest BCUT2D eigenvalue weighted by atomic mass is 9.99. The van der Waals surface area contributed by atoms with Crippen LogP contribution in [0.25, 0.3) is 0 Å². The fraction of sp³-hybridized carbons (Fsp3) is 0.400. The quantitative estimate of drug-likeness (QED) is 0.575. The molecule has 1 aromatic carbocycles. The molecule has 34 heavy (non-hydrogen) atoms. The summed E-state index contributed by atoms with van der Waals surface area (Å²) >= 11 is 0. The molecule has 0 N–H and O–H groups in total. The topological polar surface area (TPSA) is 87.6 Å². The summed E-state index contributed by atoms with van der Waals surface area (Å²) in [5, 5.41) is 8.96. The Morgan fingerprint density at radius 1 is 0.853 bits per heavy atom. The number of benzene rings is 1. The van der Waals surface area contributed by atoms with Crippen molar-refractivity contribution in [3.05, 3.63) is 60.4 Å². The molecule has 2 fully saturated rings. The van der Waals surface area contributed by atoms with Crippen LogP contribution in [0.15, 0.2) is 54.9 Å². The maximum atomic E-state index is 13.1. The molecule has 1 amide bonds. The van der Waals surface area contributed by atoms with Crippen molar-refractivity contribution in [2.75, 3.05) is 49.1 Å². The maximum Gasteiger partial charge on any atom is 0.321 e. The number of ether oxygens (including phenoxy) is 1. The molecular formula is C25H29N7O2. The van der Waals surface area contributed by atoms with E-state index in [1.807, 2.05) is 17.0 Å². The maximum absolute atomic E-state index is 13.1. The number of nitrogens with zero attached hydrogens (tertiary/aromatic N) is 7. The molecule has 9 nitrogen and oxygen atoms in total. The molecule has 5 rings (SSSR count). The summed E-state index contributed by atoms with van der Waals surface area (Å²) in [5.41, 5.74) is 0.585. The first-order chi connectivity index (χ1) is 16.7. The lowest BCUT2D eigenvalue weighted by molar-refractivity contribution is 0.0746. The summed E-state index contributed by atoms with van der Waals surface area (Å²) in [4.78, 5) is 27.6. The second-order valence-electron chi connectivity index (χ2n) is 8.86. The average molecular weight is 460 g/mol. The smallest absolute Gasteiger partial charge is 0.321 e. The summed E-state index contributed by atoms with van der Waals surface area (Å²) in [6.45, 7) is 7.07. The normalized spacial score (nSPS) is 17.0. The van der Waals surface area contributed by atoms with Crippen molar-refractivity contribution in [3.63, 3.8) is 0 Å². The second-order valence-corrected chi connectivity index (χ2v) is 8.86. The molecule has 0 atom stereocenters. The minimum Gasteiger partial charge on any atom is -0.424 e. The van der Waals surface area contributed by atoms with E-state index in [1.54, 1.807) is 36.7 Å². The van der Waals surface area contributed by atoms with Gasteiger partial charge in [-0.1, -0.05) is 13.0 Å². The molecule has 176 valence electrons. The fourth-order valence-electron chi connectivity index (χ4n) is 4.35. The molecule has 2 saturated heterocycles. The molecular weight excluding hydrogens is 430 g/mol. The number of rotatable bonds is 5. The number of aromatic nitrogens is 4. The van der Waals surface area contributed by atoms with Crippen molar-refractivity contribution >= 4 is 17.5 Å². The van der Waals surface area contributed by atoms with E-state index in [4.69, 9.17) is 4.74 Å². The van der Waals surface area contributed by atoms with Crippen LogP contribution in [0.1, 0.15) is 30.1 Å². The van der Waals surface area contributed by atoms with Gasteiger partial charge in [0.05, 0.1) is 0 Å². The first kappa shape index (κ1) is 22.1. The predicted molar refractivity (Wildman–Crippen MR) is 129 cm³/mol. The van der Waals surface area contributed by atoms with Gasteiger partial charge in [0, 0.05) is 57.2 Å². The minimum atomic E-state index is -0.0140. The molecule has 2 aliphatic rings. The highest BCUT2D eigenvalue weighted by Crippen LogP contribution is 2.23. The number of hydrogen-bond donors (Lipinski definition) is 0. The van der Waals surface area contributed by atoms with Crippen LogP contribution in [-0.4, -0.2) is 70.2 Å². The highest BCUT2D eigenvalue weighted by molar-refractivity contribution is 5.94. The molecule has 0 saturated carbocycles. The van der Waals surface area contributed by atoms with Crippen LogP contribution in [-0.2, 0) is 0 Å². The lowest BCUT2D eigenvalue weighted by Crippen LogP contribution is -2.49. The zero-order valence-electron chi connectivity index (χ0n) is 19.4. The van der Waals surface area contributed by atoms with Crippen LogP contribution in [0.2, 0.25) is 0 Å². The monoisotopic (exact) mass is 459 g/mol. The molecule has 2 aliphatic heterocycles. The second kappa shape index (κ2) is 10.0. The van der Waals surface area contributed by atoms with Gasteiger partial charge in [-0.25, -0.2) is 9.97 Å². The standard InChI is InChI=1S/C25H29N7O2/c1-19-8-12-30(13-9-19)22-6-7-23(29-28-22)31-14-16-32(17-15-31)24(33)20-4-2-5-21(18-20)34-25-26-10-3-11-27-25/h2-7,10-11,18-19H,8-9,12-17H2,1H3. The first-order valence-electron chi connectivity index (χ1n) is 11.8. The lowest BCUT2D eigenvalue weighted by Gasteiger charge is -2.35. The number of piperazine rings is 1. The van der Waals surface area contributed by atoms with Crippen LogP contribution in [0.3, 0.4) is 0 Å². The Hall–Kier alpha value is -3.75. The van der Waals surface area contributed by atoms with E-state index in [2.05, 4.69) is 43.0 Å². The fourth-order valence-corrected chi connectivity index (χ4v) is 4.35. The summed E-state index contributed by atoms with van der Waals surface area (Å²) in [5.74, 6) is 3.12. The molecule has 0 bridgehead atoms. The third kappa shape index (κ3) is 5.08. The Morgan fingerprint density at radius 3 is 2.15 bits per heavy atom. The Morgan fingerprint density at radius 2 is 1.50 bits per heavy atom. The molecule has 3 aromatic rings. The summed E-state index contributed by atoms with van der Waals surface area (Å²) < 4.78 is 5.67. The number of carbonyl (C=O) groups is 1. The minimum absolute atomic E-state index is 0.0140. The van der Waals surface area contributed by atoms with Gasteiger partial charge in [0.15, 0.2) is 11.6 Å². The van der Waals surface area contributed by atoms with Gasteiger partial charge in [0.2, 0.25) is 0 Å². The SMILES string of the molecule is CC1CCN(c2ccc(N3CCN(C(=O)c4cccc(Oc5ncccn5)c4)CC3)nn2)CC1. The molecule has 0 unspecified atom stereocenters. The third-order valence-electron chi connectivity index (χ3n) is 6.47. The average Bonchev–Trinajstić information content (AvgIpc) is 2.90. The highest BCUT2D eigenvalue weighted by Gasteiger charge is 2.24. The van der Waals surface area contributed by atoms with Gasteiger partial charge in [0.1, 0.15) is 5.75 Å². The summed E-state index contributed by atoms with van der Waals surface area (Å²) in [6.07, 6.45) is 5.63. The number of piperidine rings is 1. The number of amides is 1. The molecule has 4 heterocycles. The predicted octanol–water partition coefficient (Wildman–Crippen LogP) is 3.26. The van der Waals surface area contributed by atoms with Gasteiger partial charge in [0.25, 0.3) is 5.91 Å². The van der Waals surface area contributed by atoms with E-state index in [-0.39, 0.29) is 11.9 Å². The van der Waals surface area contributed by atoms with Crippen LogP contribution >= 0.6 is 0 Å². The van der Waals surface area contributed by atoms with Crippen molar-refractivity contribution in [1.29, 1.82) is 0 Å². The van der Waals surface area contributed by atoms with Crippen molar-refractivity contribution in [1.82, 2.24) is 25.1 Å². The van der Waals surface area contributed by atoms with Crippen molar-refractivity contribution in [2.45, 2.75) is 19.8 Å². The zero-order valence-corrected chi connectivity index (χ0v) is 19.4. The highest BCUT2D eigenvalue weighted by atomic mass is 16.5. The van der Waals surface area contributed by atoms with Gasteiger partial charge in [-0.05, 0) is 55.2 Å². The van der Waals surface area contributed by atoms with Gasteiger partial charge < -0.3 is 19.4 Å². The van der Waals surface area contributed by atoms with E-state index < -0.39 is 0 Å². The largest absolute Gasteiger partial charge is 0.424 e. The van der Waals surface area contributed by atoms with Crippen molar-refractivity contribution in [2.24, 2.45) is 5.92 Å². The van der Waals surface area contributed by atoms with Crippen molar-refractivity contribution in [3.8, 4) is 11.8 Å². The number of anilines is 2. The molecule has 0 spiro atoms. The van der Waals surface area contributed by atoms with Crippen LogP contribution in [0.4, 0.5) is 11.6 Å². The van der Waals surface area contributed by atoms with E-state index in [9.17, 15) is 4.79 Å². The summed E-state index contributed by atoms with van der Waals surface area (Å²) in [6, 6.07) is 13.2. The Labute approximate surface area is 199 Å². The van der Waals surface area contributed by atoms with Crippen LogP contribution in [0.5, 0.6) is 11.8 Å². The van der Waals surface area contributed by atoms with Gasteiger partial charge >= 0.3 is 6.01 Å². The number of hydrogen-bond acceptors (Lipinski definition) is 8. The van der Waals surface area contributed by atoms with E-state index in [0.29, 0.717) is 24.4 Å². The van der Waals surface area contributed by atoms with Gasteiger partial charge in [-0.15, -0.1) is 10.2 Å². The number of carbonyl (C=O) groups excluding carboxylic acids is 1. The summed E-state index contributed by atoms with van der Waals surface area (Å²) in [7, 11) is 0. The Bertz CT molecular complexity index is 1090. The van der Waals surface area contributed by atoms with E-state index in [0.717, 1.165) is 43.7 Å². The molecule has 0 aliphatic carbocycles. The zero-order chi connectivity index (χ0) is 23.3. The molecule has 2 aromatic heterocycles. The van der Waals surface area contributed by atoms with Gasteiger partial charge in [-0.3, -0.25) is 4.79 Å². The van der Waals surface area contributed by atoms with Crippen molar-refractivity contribution < 1.29 is 9.53 Å². The van der Waals surface area contributed by atoms with Crippen LogP contribution in [0, 0.1) is 5.92 Å². The third-order valence-corrected chi connectivity index (χ3v) is 6.47. The van der Waals surface area contributed by atoms with Crippen LogP contribution < -0.4 is 14.5 Å². The Balaban J connectivity index is 1.17.